The van der Waals surface area contributed by atoms with Crippen molar-refractivity contribution in [2.75, 3.05) is 19.1 Å². The van der Waals surface area contributed by atoms with Crippen molar-refractivity contribution in [1.82, 2.24) is 15.3 Å². The van der Waals surface area contributed by atoms with Crippen LogP contribution >= 0.6 is 11.8 Å². The molecule has 0 radical (unpaired) electrons. The Morgan fingerprint density at radius 1 is 1.45 bits per heavy atom. The molecule has 0 atom stereocenters. The Labute approximate surface area is 120 Å². The van der Waals surface area contributed by atoms with Crippen LogP contribution in [-0.4, -0.2) is 41.0 Å². The number of amides is 1. The number of nitrogens with zero attached hydrogens (tertiary/aromatic N) is 1. The van der Waals surface area contributed by atoms with Crippen LogP contribution in [0.3, 0.4) is 0 Å². The van der Waals surface area contributed by atoms with Crippen molar-refractivity contribution in [2.24, 2.45) is 0 Å². The molecule has 6 nitrogen and oxygen atoms in total. The van der Waals surface area contributed by atoms with E-state index in [1.165, 1.54) is 18.9 Å². The maximum atomic E-state index is 11.4. The Balaban J connectivity index is 2.13. The molecule has 2 N–H and O–H groups in total. The molecule has 0 bridgehead atoms. The van der Waals surface area contributed by atoms with E-state index in [0.717, 1.165) is 11.0 Å². The largest absolute Gasteiger partial charge is 0.465 e. The van der Waals surface area contributed by atoms with Gasteiger partial charge in [0.1, 0.15) is 5.82 Å². The van der Waals surface area contributed by atoms with Crippen LogP contribution in [-0.2, 0) is 16.1 Å². The molecule has 2 rings (SSSR count). The fraction of sp³-hybridized carbons (Fsp3) is 0.308. The Hall–Kier alpha value is -2.02. The van der Waals surface area contributed by atoms with Gasteiger partial charge in [0.2, 0.25) is 5.91 Å². The highest BCUT2D eigenvalue weighted by molar-refractivity contribution is 7.99. The van der Waals surface area contributed by atoms with Crippen LogP contribution in [0.4, 0.5) is 0 Å². The van der Waals surface area contributed by atoms with Gasteiger partial charge < -0.3 is 15.0 Å². The van der Waals surface area contributed by atoms with Crippen LogP contribution < -0.4 is 5.32 Å². The molecule has 1 aromatic carbocycles. The zero-order valence-electron chi connectivity index (χ0n) is 11.2. The molecule has 0 aliphatic carbocycles. The highest BCUT2D eigenvalue weighted by Crippen LogP contribution is 2.14. The van der Waals surface area contributed by atoms with Crippen molar-refractivity contribution >= 4 is 34.7 Å². The van der Waals surface area contributed by atoms with Crippen LogP contribution in [0.25, 0.3) is 11.0 Å². The number of H-pyrrole nitrogens is 1. The van der Waals surface area contributed by atoms with Gasteiger partial charge in [0.25, 0.3) is 0 Å². The number of carbonyl (C=O) groups excluding carboxylic acids is 2. The maximum absolute atomic E-state index is 11.4. The van der Waals surface area contributed by atoms with Crippen molar-refractivity contribution in [3.63, 3.8) is 0 Å². The van der Waals surface area contributed by atoms with E-state index < -0.39 is 5.97 Å². The number of hydrogen-bond donors (Lipinski definition) is 2. The van der Waals surface area contributed by atoms with E-state index in [4.69, 9.17) is 0 Å². The summed E-state index contributed by atoms with van der Waals surface area (Å²) in [7, 11) is 1.34. The number of aromatic amines is 1. The third-order valence-corrected chi connectivity index (χ3v) is 3.23. The van der Waals surface area contributed by atoms with E-state index in [1.807, 2.05) is 6.26 Å². The summed E-state index contributed by atoms with van der Waals surface area (Å²) in [4.78, 5) is 30.2. The number of carbonyl (C=O) groups is 2. The van der Waals surface area contributed by atoms with E-state index in [9.17, 15) is 9.59 Å². The molecule has 0 spiro atoms. The fourth-order valence-electron chi connectivity index (χ4n) is 1.76. The molecule has 1 aromatic heterocycles. The minimum absolute atomic E-state index is 0.0341. The Kier molecular flexibility index (Phi) is 4.62. The lowest BCUT2D eigenvalue weighted by molar-refractivity contribution is -0.118. The number of thioether (sulfide) groups is 1. The number of imidazole rings is 1. The molecule has 0 saturated heterocycles. The fourth-order valence-corrected chi connectivity index (χ4v) is 2.12. The minimum Gasteiger partial charge on any atom is -0.465 e. The molecular weight excluding hydrogens is 278 g/mol. The maximum Gasteiger partial charge on any atom is 0.337 e. The predicted molar refractivity (Wildman–Crippen MR) is 77.7 cm³/mol. The third kappa shape index (κ3) is 3.30. The Morgan fingerprint density at radius 2 is 2.25 bits per heavy atom. The molecule has 0 aliphatic heterocycles. The van der Waals surface area contributed by atoms with Gasteiger partial charge in [-0.05, 0) is 24.5 Å². The molecule has 2 aromatic rings. The summed E-state index contributed by atoms with van der Waals surface area (Å²) in [5.74, 6) is 0.646. The van der Waals surface area contributed by atoms with Gasteiger partial charge in [-0.25, -0.2) is 9.78 Å². The minimum atomic E-state index is -0.392. The predicted octanol–water partition coefficient (Wildman–Crippen LogP) is 1.33. The van der Waals surface area contributed by atoms with E-state index in [0.29, 0.717) is 23.7 Å². The summed E-state index contributed by atoms with van der Waals surface area (Å²) in [5.41, 5.74) is 1.94. The number of fused-ring (bicyclic) bond motifs is 1. The summed E-state index contributed by atoms with van der Waals surface area (Å²) >= 11 is 1.46. The molecule has 20 heavy (non-hydrogen) atoms. The number of methoxy groups -OCH3 is 1. The molecule has 1 amide bonds. The number of esters is 1. The Morgan fingerprint density at radius 3 is 2.95 bits per heavy atom. The number of benzene rings is 1. The summed E-state index contributed by atoms with van der Waals surface area (Å²) in [6.07, 6.45) is 1.87. The monoisotopic (exact) mass is 293 g/mol. The van der Waals surface area contributed by atoms with Gasteiger partial charge in [0.15, 0.2) is 0 Å². The zero-order chi connectivity index (χ0) is 14.5. The first kappa shape index (κ1) is 14.4. The SMILES string of the molecule is COC(=O)c1ccc2nc(CNC(=O)CSC)[nH]c2c1. The van der Waals surface area contributed by atoms with Gasteiger partial charge in [-0.2, -0.15) is 11.8 Å². The first-order valence-corrected chi connectivity index (χ1v) is 7.36. The lowest BCUT2D eigenvalue weighted by atomic mass is 10.2. The molecule has 7 heteroatoms. The smallest absolute Gasteiger partial charge is 0.337 e. The Bertz CT molecular complexity index is 639. The van der Waals surface area contributed by atoms with Crippen LogP contribution in [0.15, 0.2) is 18.2 Å². The van der Waals surface area contributed by atoms with Crippen molar-refractivity contribution in [3.8, 4) is 0 Å². The van der Waals surface area contributed by atoms with Crippen molar-refractivity contribution in [2.45, 2.75) is 6.54 Å². The van der Waals surface area contributed by atoms with Gasteiger partial charge in [-0.1, -0.05) is 0 Å². The molecule has 1 heterocycles. The first-order valence-electron chi connectivity index (χ1n) is 5.96. The first-order chi connectivity index (χ1) is 9.63. The summed E-state index contributed by atoms with van der Waals surface area (Å²) < 4.78 is 4.67. The molecule has 0 saturated carbocycles. The lowest BCUT2D eigenvalue weighted by Gasteiger charge is -2.00. The molecule has 0 aliphatic rings. The average Bonchev–Trinajstić information content (AvgIpc) is 2.86. The van der Waals surface area contributed by atoms with Gasteiger partial charge >= 0.3 is 5.97 Å². The zero-order valence-corrected chi connectivity index (χ0v) is 12.0. The van der Waals surface area contributed by atoms with E-state index in [-0.39, 0.29) is 5.91 Å². The second kappa shape index (κ2) is 6.42. The van der Waals surface area contributed by atoms with Gasteiger partial charge in [-0.15, -0.1) is 0 Å². The number of hydrogen-bond acceptors (Lipinski definition) is 5. The second-order valence-corrected chi connectivity index (χ2v) is 4.98. The topological polar surface area (TPSA) is 84.1 Å². The summed E-state index contributed by atoms with van der Waals surface area (Å²) in [5, 5.41) is 2.76. The standard InChI is InChI=1S/C13H15N3O3S/c1-19-13(18)8-3-4-9-10(5-8)16-11(15-9)6-14-12(17)7-20-2/h3-5H,6-7H2,1-2H3,(H,14,17)(H,15,16). The third-order valence-electron chi connectivity index (χ3n) is 2.68. The average molecular weight is 293 g/mol. The highest BCUT2D eigenvalue weighted by atomic mass is 32.2. The van der Waals surface area contributed by atoms with Crippen LogP contribution in [0.5, 0.6) is 0 Å². The summed E-state index contributed by atoms with van der Waals surface area (Å²) in [6, 6.07) is 5.08. The van der Waals surface area contributed by atoms with E-state index in [2.05, 4.69) is 20.0 Å². The molecule has 0 unspecified atom stereocenters. The highest BCUT2D eigenvalue weighted by Gasteiger charge is 2.09. The summed E-state index contributed by atoms with van der Waals surface area (Å²) in [6.45, 7) is 0.335. The number of nitrogens with one attached hydrogen (secondary N) is 2. The van der Waals surface area contributed by atoms with Crippen molar-refractivity contribution in [1.29, 1.82) is 0 Å². The number of rotatable bonds is 5. The number of ether oxygens (including phenoxy) is 1. The normalized spacial score (nSPS) is 10.5. The lowest BCUT2D eigenvalue weighted by Crippen LogP contribution is -2.24. The van der Waals surface area contributed by atoms with Crippen molar-refractivity contribution in [3.05, 3.63) is 29.6 Å². The molecule has 0 fully saturated rings. The molecule has 106 valence electrons. The second-order valence-electron chi connectivity index (χ2n) is 4.12. The molecular formula is C13H15N3O3S. The van der Waals surface area contributed by atoms with Crippen LogP contribution in [0.1, 0.15) is 16.2 Å². The van der Waals surface area contributed by atoms with Crippen LogP contribution in [0, 0.1) is 0 Å². The van der Waals surface area contributed by atoms with Crippen LogP contribution in [0.2, 0.25) is 0 Å². The van der Waals surface area contributed by atoms with Crippen molar-refractivity contribution < 1.29 is 14.3 Å². The van der Waals surface area contributed by atoms with Gasteiger partial charge in [0, 0.05) is 0 Å². The van der Waals surface area contributed by atoms with E-state index >= 15 is 0 Å². The van der Waals surface area contributed by atoms with E-state index in [1.54, 1.807) is 18.2 Å². The van der Waals surface area contributed by atoms with Gasteiger partial charge in [0.05, 0.1) is 36.0 Å². The van der Waals surface area contributed by atoms with Gasteiger partial charge in [-0.3, -0.25) is 4.79 Å². The number of aromatic nitrogens is 2. The quantitative estimate of drug-likeness (QED) is 0.812.